The second-order valence-corrected chi connectivity index (χ2v) is 4.10. The van der Waals surface area contributed by atoms with E-state index in [1.54, 1.807) is 12.1 Å². The van der Waals surface area contributed by atoms with E-state index in [2.05, 4.69) is 15.8 Å². The number of nitrogens with two attached hydrogens (primary N) is 1. The third-order valence-electron chi connectivity index (χ3n) is 2.26. The Kier molecular flexibility index (Phi) is 4.98. The topological polar surface area (TPSA) is 99.7 Å². The van der Waals surface area contributed by atoms with Crippen LogP contribution in [0.3, 0.4) is 0 Å². The van der Waals surface area contributed by atoms with E-state index in [9.17, 15) is 4.79 Å². The maximum atomic E-state index is 10.9. The van der Waals surface area contributed by atoms with Crippen LogP contribution in [-0.4, -0.2) is 23.0 Å². The first-order valence-electron chi connectivity index (χ1n) is 5.62. The number of amides is 1. The summed E-state index contributed by atoms with van der Waals surface area (Å²) in [6.45, 7) is 3.39. The van der Waals surface area contributed by atoms with Crippen molar-refractivity contribution in [2.45, 2.75) is 26.3 Å². The van der Waals surface area contributed by atoms with Gasteiger partial charge < -0.3 is 21.6 Å². The minimum Gasteiger partial charge on any atom is -0.409 e. The summed E-state index contributed by atoms with van der Waals surface area (Å²) >= 11 is 0. The molecule has 1 aromatic rings. The molecule has 1 unspecified atom stereocenters. The van der Waals surface area contributed by atoms with Crippen LogP contribution in [0.2, 0.25) is 0 Å². The molecule has 0 spiro atoms. The van der Waals surface area contributed by atoms with E-state index in [4.69, 9.17) is 10.9 Å². The third-order valence-corrected chi connectivity index (χ3v) is 2.26. The summed E-state index contributed by atoms with van der Waals surface area (Å²) in [7, 11) is 0. The van der Waals surface area contributed by atoms with E-state index in [0.717, 1.165) is 11.4 Å². The molecule has 1 atom stereocenters. The summed E-state index contributed by atoms with van der Waals surface area (Å²) in [5.74, 6) is 0.0841. The fourth-order valence-corrected chi connectivity index (χ4v) is 1.54. The maximum absolute atomic E-state index is 10.9. The van der Waals surface area contributed by atoms with E-state index in [1.165, 1.54) is 6.92 Å². The highest BCUT2D eigenvalue weighted by molar-refractivity contribution is 5.88. The van der Waals surface area contributed by atoms with Crippen molar-refractivity contribution in [3.63, 3.8) is 0 Å². The van der Waals surface area contributed by atoms with Crippen LogP contribution in [0.5, 0.6) is 0 Å². The molecule has 98 valence electrons. The first kappa shape index (κ1) is 13.8. The lowest BCUT2D eigenvalue weighted by Gasteiger charge is -2.14. The molecule has 0 heterocycles. The number of nitrogens with one attached hydrogen (secondary N) is 2. The lowest BCUT2D eigenvalue weighted by atomic mass is 10.2. The van der Waals surface area contributed by atoms with Crippen LogP contribution in [0.4, 0.5) is 11.4 Å². The smallest absolute Gasteiger partial charge is 0.221 e. The molecule has 6 nitrogen and oxygen atoms in total. The average molecular weight is 250 g/mol. The van der Waals surface area contributed by atoms with Gasteiger partial charge in [0.25, 0.3) is 0 Å². The minimum absolute atomic E-state index is 0.0486. The van der Waals surface area contributed by atoms with Gasteiger partial charge in [-0.2, -0.15) is 0 Å². The van der Waals surface area contributed by atoms with Crippen LogP contribution < -0.4 is 16.4 Å². The van der Waals surface area contributed by atoms with E-state index in [-0.39, 0.29) is 17.8 Å². The summed E-state index contributed by atoms with van der Waals surface area (Å²) < 4.78 is 0. The second-order valence-electron chi connectivity index (χ2n) is 4.10. The predicted molar refractivity (Wildman–Crippen MR) is 71.9 cm³/mol. The van der Waals surface area contributed by atoms with Gasteiger partial charge >= 0.3 is 0 Å². The third kappa shape index (κ3) is 4.73. The monoisotopic (exact) mass is 250 g/mol. The van der Waals surface area contributed by atoms with Crippen LogP contribution in [-0.2, 0) is 4.79 Å². The molecule has 0 aliphatic carbocycles. The average Bonchev–Trinajstić information content (AvgIpc) is 2.30. The van der Waals surface area contributed by atoms with Crippen molar-refractivity contribution in [3.8, 4) is 0 Å². The predicted octanol–water partition coefficient (Wildman–Crippen LogP) is 1.58. The van der Waals surface area contributed by atoms with Crippen molar-refractivity contribution < 1.29 is 10.0 Å². The number of oxime groups is 1. The van der Waals surface area contributed by atoms with Gasteiger partial charge in [-0.05, 0) is 31.2 Å². The van der Waals surface area contributed by atoms with Gasteiger partial charge in [-0.15, -0.1) is 0 Å². The van der Waals surface area contributed by atoms with E-state index < -0.39 is 0 Å². The molecule has 6 heteroatoms. The first-order chi connectivity index (χ1) is 8.51. The van der Waals surface area contributed by atoms with Crippen molar-refractivity contribution >= 4 is 23.1 Å². The van der Waals surface area contributed by atoms with Crippen molar-refractivity contribution in [1.82, 2.24) is 0 Å². The van der Waals surface area contributed by atoms with E-state index in [1.807, 2.05) is 19.1 Å². The number of amidine groups is 1. The number of carbonyl (C=O) groups is 1. The molecule has 0 saturated carbocycles. The zero-order valence-corrected chi connectivity index (χ0v) is 10.5. The minimum atomic E-state index is -0.101. The number of hydrogen-bond acceptors (Lipinski definition) is 4. The number of nitrogens with zero attached hydrogens (tertiary/aromatic N) is 1. The number of rotatable bonds is 5. The fourth-order valence-electron chi connectivity index (χ4n) is 1.54. The lowest BCUT2D eigenvalue weighted by Crippen LogP contribution is -2.24. The molecule has 0 aliphatic rings. The largest absolute Gasteiger partial charge is 0.409 e. The van der Waals surface area contributed by atoms with E-state index >= 15 is 0 Å². The van der Waals surface area contributed by atoms with Gasteiger partial charge in [0.15, 0.2) is 0 Å². The van der Waals surface area contributed by atoms with Crippen LogP contribution >= 0.6 is 0 Å². The van der Waals surface area contributed by atoms with Crippen molar-refractivity contribution in [1.29, 1.82) is 0 Å². The molecule has 0 radical (unpaired) electrons. The number of carbonyl (C=O) groups excluding carboxylic acids is 1. The summed E-state index contributed by atoms with van der Waals surface area (Å²) in [5.41, 5.74) is 7.07. The Labute approximate surface area is 106 Å². The Bertz CT molecular complexity index is 428. The van der Waals surface area contributed by atoms with Crippen LogP contribution in [0.15, 0.2) is 29.4 Å². The van der Waals surface area contributed by atoms with Gasteiger partial charge in [-0.3, -0.25) is 4.79 Å². The Hall–Kier alpha value is -2.24. The van der Waals surface area contributed by atoms with Crippen molar-refractivity contribution in [3.05, 3.63) is 24.3 Å². The van der Waals surface area contributed by atoms with E-state index in [0.29, 0.717) is 6.42 Å². The summed E-state index contributed by atoms with van der Waals surface area (Å²) in [6.07, 6.45) is 0.448. The van der Waals surface area contributed by atoms with Crippen LogP contribution in [0.25, 0.3) is 0 Å². The summed E-state index contributed by atoms with van der Waals surface area (Å²) in [6, 6.07) is 7.37. The number of anilines is 2. The number of benzene rings is 1. The molecule has 18 heavy (non-hydrogen) atoms. The lowest BCUT2D eigenvalue weighted by molar-refractivity contribution is -0.114. The first-order valence-corrected chi connectivity index (χ1v) is 5.62. The Balaban J connectivity index is 2.55. The van der Waals surface area contributed by atoms with Gasteiger partial charge in [0.1, 0.15) is 5.84 Å². The SMILES string of the molecule is CC(=O)Nc1ccc(NC(C)CC(N)=NO)cc1. The molecule has 0 saturated heterocycles. The van der Waals surface area contributed by atoms with Gasteiger partial charge in [0.2, 0.25) is 5.91 Å². The molecule has 1 amide bonds. The molecule has 0 bridgehead atoms. The van der Waals surface area contributed by atoms with Crippen molar-refractivity contribution in [2.75, 3.05) is 10.6 Å². The second kappa shape index (κ2) is 6.48. The van der Waals surface area contributed by atoms with Crippen LogP contribution in [0, 0.1) is 0 Å². The maximum Gasteiger partial charge on any atom is 0.221 e. The molecule has 0 aromatic heterocycles. The summed E-state index contributed by atoms with van der Waals surface area (Å²) in [4.78, 5) is 10.9. The normalized spacial score (nSPS) is 12.9. The highest BCUT2D eigenvalue weighted by Gasteiger charge is 2.05. The van der Waals surface area contributed by atoms with Crippen molar-refractivity contribution in [2.24, 2.45) is 10.9 Å². The van der Waals surface area contributed by atoms with Gasteiger partial charge in [0.05, 0.1) is 0 Å². The highest BCUT2D eigenvalue weighted by atomic mass is 16.4. The van der Waals surface area contributed by atoms with Gasteiger partial charge in [-0.1, -0.05) is 5.16 Å². The number of hydrogen-bond donors (Lipinski definition) is 4. The highest BCUT2D eigenvalue weighted by Crippen LogP contribution is 2.14. The Morgan fingerprint density at radius 2 is 1.94 bits per heavy atom. The zero-order chi connectivity index (χ0) is 13.5. The Morgan fingerprint density at radius 1 is 1.39 bits per heavy atom. The molecule has 0 aliphatic heterocycles. The molecular weight excluding hydrogens is 232 g/mol. The van der Waals surface area contributed by atoms with Gasteiger partial charge in [0, 0.05) is 30.8 Å². The summed E-state index contributed by atoms with van der Waals surface area (Å²) in [5, 5.41) is 17.3. The van der Waals surface area contributed by atoms with Gasteiger partial charge in [-0.25, -0.2) is 0 Å². The zero-order valence-electron chi connectivity index (χ0n) is 10.5. The standard InChI is InChI=1S/C12H18N4O2/c1-8(7-12(13)16-18)14-10-3-5-11(6-4-10)15-9(2)17/h3-6,8,14,18H,7H2,1-2H3,(H2,13,16)(H,15,17). The molecule has 5 N–H and O–H groups in total. The molecule has 1 aromatic carbocycles. The molecule has 1 rings (SSSR count). The molecule has 0 fully saturated rings. The quantitative estimate of drug-likeness (QED) is 0.276. The van der Waals surface area contributed by atoms with Crippen LogP contribution in [0.1, 0.15) is 20.3 Å². The fraction of sp³-hybridized carbons (Fsp3) is 0.333. The Morgan fingerprint density at radius 3 is 2.44 bits per heavy atom. The molecular formula is C12H18N4O2.